The van der Waals surface area contributed by atoms with Crippen molar-refractivity contribution in [3.63, 3.8) is 0 Å². The van der Waals surface area contributed by atoms with E-state index >= 15 is 0 Å². The van der Waals surface area contributed by atoms with Crippen LogP contribution in [0.1, 0.15) is 29.7 Å². The Balaban J connectivity index is 1.78. The van der Waals surface area contributed by atoms with E-state index in [0.29, 0.717) is 34.9 Å². The first kappa shape index (κ1) is 24.1. The fourth-order valence-corrected chi connectivity index (χ4v) is 4.23. The lowest BCUT2D eigenvalue weighted by molar-refractivity contribution is -0.254. The van der Waals surface area contributed by atoms with Gasteiger partial charge in [-0.25, -0.2) is 0 Å². The van der Waals surface area contributed by atoms with Crippen molar-refractivity contribution in [3.05, 3.63) is 77.4 Å². The third-order valence-electron chi connectivity index (χ3n) is 6.08. The van der Waals surface area contributed by atoms with Crippen molar-refractivity contribution in [3.8, 4) is 17.2 Å². The normalized spacial score (nSPS) is 15.0. The Bertz CT molecular complexity index is 1230. The standard InChI is InChI=1S/C27H29N3O5/c1-4-17-6-5-7-22-25(27(32)29-20-11-9-19(28)10-12-20)30(24(31)16-35-26(17)22)15-18-8-13-21(33-2)14-23(18)34-3/h5-14,25H,4,15-16,28H2,1-3H3,(H,29,32)/p+1. The van der Waals surface area contributed by atoms with E-state index in [4.69, 9.17) is 14.2 Å². The second-order valence-electron chi connectivity index (χ2n) is 8.27. The van der Waals surface area contributed by atoms with E-state index in [1.807, 2.05) is 43.3 Å². The molecule has 0 spiro atoms. The molecular formula is C27H30N3O5+. The van der Waals surface area contributed by atoms with Gasteiger partial charge in [-0.1, -0.05) is 25.1 Å². The maximum Gasteiger partial charge on any atom is 0.261 e. The molecule has 0 radical (unpaired) electrons. The summed E-state index contributed by atoms with van der Waals surface area (Å²) < 4.78 is 16.8. The largest absolute Gasteiger partial charge is 0.497 e. The van der Waals surface area contributed by atoms with Crippen molar-refractivity contribution in [2.75, 3.05) is 26.1 Å². The van der Waals surface area contributed by atoms with E-state index in [9.17, 15) is 9.59 Å². The van der Waals surface area contributed by atoms with Crippen molar-refractivity contribution in [2.24, 2.45) is 0 Å². The van der Waals surface area contributed by atoms with Crippen LogP contribution in [0.3, 0.4) is 0 Å². The van der Waals surface area contributed by atoms with Crippen molar-refractivity contribution in [2.45, 2.75) is 25.9 Å². The minimum Gasteiger partial charge on any atom is -0.497 e. The van der Waals surface area contributed by atoms with Gasteiger partial charge in [0.05, 0.1) is 20.8 Å². The quantitative estimate of drug-likeness (QED) is 0.545. The summed E-state index contributed by atoms with van der Waals surface area (Å²) in [5.41, 5.74) is 7.68. The Labute approximate surface area is 204 Å². The fourth-order valence-electron chi connectivity index (χ4n) is 4.23. The molecule has 0 saturated heterocycles. The second kappa shape index (κ2) is 10.5. The lowest BCUT2D eigenvalue weighted by atomic mass is 9.98. The molecule has 4 rings (SSSR count). The van der Waals surface area contributed by atoms with Crippen LogP contribution in [0.25, 0.3) is 0 Å². The van der Waals surface area contributed by atoms with Gasteiger partial charge < -0.3 is 30.2 Å². The summed E-state index contributed by atoms with van der Waals surface area (Å²) >= 11 is 0. The zero-order valence-corrected chi connectivity index (χ0v) is 20.2. The molecule has 3 aromatic rings. The number of para-hydroxylation sites is 1. The molecule has 0 aliphatic carbocycles. The highest BCUT2D eigenvalue weighted by Gasteiger charge is 2.37. The van der Waals surface area contributed by atoms with Crippen LogP contribution in [-0.2, 0) is 22.6 Å². The molecule has 0 aromatic heterocycles. The maximum atomic E-state index is 13.7. The number of carbonyl (C=O) groups is 2. The fraction of sp³-hybridized carbons (Fsp3) is 0.259. The molecule has 0 bridgehead atoms. The zero-order valence-electron chi connectivity index (χ0n) is 20.2. The van der Waals surface area contributed by atoms with Crippen LogP contribution in [0.4, 0.5) is 11.4 Å². The summed E-state index contributed by atoms with van der Waals surface area (Å²) in [7, 11) is 3.14. The van der Waals surface area contributed by atoms with E-state index in [1.165, 1.54) is 0 Å². The first-order valence-electron chi connectivity index (χ1n) is 11.4. The van der Waals surface area contributed by atoms with Crippen LogP contribution in [0.15, 0.2) is 60.7 Å². The van der Waals surface area contributed by atoms with Gasteiger partial charge in [-0.3, -0.25) is 9.59 Å². The number of carbonyl (C=O) groups excluding carboxylic acids is 2. The third kappa shape index (κ3) is 5.07. The van der Waals surface area contributed by atoms with Crippen molar-refractivity contribution in [1.29, 1.82) is 0 Å². The summed E-state index contributed by atoms with van der Waals surface area (Å²) in [6.07, 6.45) is 0.711. The molecule has 1 atom stereocenters. The second-order valence-corrected chi connectivity index (χ2v) is 8.27. The highest BCUT2D eigenvalue weighted by Crippen LogP contribution is 2.38. The SMILES string of the molecule is CCc1cccc2c1OCC(=O)N(Cc1ccc(OC)cc1OC)C2C(=O)Nc1ccc([NH3+])cc1. The summed E-state index contributed by atoms with van der Waals surface area (Å²) in [6, 6.07) is 17.4. The topological polar surface area (TPSA) is 105 Å². The Hall–Kier alpha value is -4.04. The number of benzene rings is 3. The monoisotopic (exact) mass is 476 g/mol. The predicted molar refractivity (Wildman–Crippen MR) is 132 cm³/mol. The summed E-state index contributed by atoms with van der Waals surface area (Å²) in [5, 5.41) is 2.96. The molecule has 4 N–H and O–H groups in total. The number of rotatable bonds is 7. The molecule has 35 heavy (non-hydrogen) atoms. The number of aryl methyl sites for hydroxylation is 1. The first-order chi connectivity index (χ1) is 16.9. The van der Waals surface area contributed by atoms with Crippen molar-refractivity contribution in [1.82, 2.24) is 4.90 Å². The number of nitrogens with zero attached hydrogens (tertiary/aromatic N) is 1. The number of amides is 2. The molecule has 182 valence electrons. The Morgan fingerprint density at radius 2 is 1.86 bits per heavy atom. The molecule has 2 amide bonds. The average molecular weight is 477 g/mol. The molecule has 1 aliphatic heterocycles. The van der Waals surface area contributed by atoms with Crippen molar-refractivity contribution >= 4 is 23.2 Å². The summed E-state index contributed by atoms with van der Waals surface area (Å²) in [4.78, 5) is 28.7. The first-order valence-corrected chi connectivity index (χ1v) is 11.4. The third-order valence-corrected chi connectivity index (χ3v) is 6.08. The molecular weight excluding hydrogens is 446 g/mol. The van der Waals surface area contributed by atoms with E-state index in [-0.39, 0.29) is 25.0 Å². The number of anilines is 1. The predicted octanol–water partition coefficient (Wildman–Crippen LogP) is 3.24. The van der Waals surface area contributed by atoms with Gasteiger partial charge in [0.15, 0.2) is 6.61 Å². The molecule has 3 aromatic carbocycles. The number of hydrogen-bond acceptors (Lipinski definition) is 5. The van der Waals surface area contributed by atoms with Gasteiger partial charge >= 0.3 is 0 Å². The number of quaternary nitrogens is 1. The Morgan fingerprint density at radius 3 is 2.54 bits per heavy atom. The van der Waals surface area contributed by atoms with Crippen LogP contribution in [0.2, 0.25) is 0 Å². The maximum absolute atomic E-state index is 13.7. The molecule has 8 heteroatoms. The molecule has 0 fully saturated rings. The smallest absolute Gasteiger partial charge is 0.261 e. The number of nitrogens with one attached hydrogen (secondary N) is 1. The molecule has 1 unspecified atom stereocenters. The van der Waals surface area contributed by atoms with Gasteiger partial charge in [-0.05, 0) is 36.2 Å². The Morgan fingerprint density at radius 1 is 1.09 bits per heavy atom. The van der Waals surface area contributed by atoms with Gasteiger partial charge in [-0.2, -0.15) is 0 Å². The minimum atomic E-state index is -0.905. The van der Waals surface area contributed by atoms with Gasteiger partial charge in [0.1, 0.15) is 29.0 Å². The number of ether oxygens (including phenoxy) is 3. The minimum absolute atomic E-state index is 0.154. The molecule has 1 aliphatic rings. The number of methoxy groups -OCH3 is 2. The van der Waals surface area contributed by atoms with E-state index in [2.05, 4.69) is 11.1 Å². The van der Waals surface area contributed by atoms with Crippen molar-refractivity contribution < 1.29 is 29.5 Å². The van der Waals surface area contributed by atoms with Crippen LogP contribution in [0.5, 0.6) is 17.2 Å². The van der Waals surface area contributed by atoms with Crippen LogP contribution in [-0.4, -0.2) is 37.5 Å². The van der Waals surface area contributed by atoms with Crippen LogP contribution in [0, 0.1) is 0 Å². The lowest BCUT2D eigenvalue weighted by Crippen LogP contribution is -2.41. The summed E-state index contributed by atoms with van der Waals surface area (Å²) in [5.74, 6) is 1.16. The highest BCUT2D eigenvalue weighted by molar-refractivity contribution is 5.99. The Kier molecular flexibility index (Phi) is 7.22. The number of hydrogen-bond donors (Lipinski definition) is 2. The van der Waals surface area contributed by atoms with Gasteiger partial charge in [-0.15, -0.1) is 0 Å². The van der Waals surface area contributed by atoms with Gasteiger partial charge in [0, 0.05) is 35.0 Å². The van der Waals surface area contributed by atoms with E-state index in [0.717, 1.165) is 16.8 Å². The lowest BCUT2D eigenvalue weighted by Gasteiger charge is -2.30. The highest BCUT2D eigenvalue weighted by atomic mass is 16.5. The molecule has 0 saturated carbocycles. The van der Waals surface area contributed by atoms with E-state index in [1.54, 1.807) is 43.4 Å². The van der Waals surface area contributed by atoms with Gasteiger partial charge in [0.25, 0.3) is 11.8 Å². The van der Waals surface area contributed by atoms with Crippen LogP contribution < -0.4 is 25.3 Å². The van der Waals surface area contributed by atoms with E-state index < -0.39 is 6.04 Å². The molecule has 1 heterocycles. The summed E-state index contributed by atoms with van der Waals surface area (Å²) in [6.45, 7) is 2.00. The average Bonchev–Trinajstić information content (AvgIpc) is 3.02. The molecule has 8 nitrogen and oxygen atoms in total. The van der Waals surface area contributed by atoms with Gasteiger partial charge in [0.2, 0.25) is 0 Å². The van der Waals surface area contributed by atoms with Crippen LogP contribution >= 0.6 is 0 Å². The number of fused-ring (bicyclic) bond motifs is 1. The zero-order chi connectivity index (χ0) is 24.9.